The van der Waals surface area contributed by atoms with Gasteiger partial charge in [0.05, 0.1) is 6.54 Å². The number of hydrogen-bond acceptors (Lipinski definition) is 4. The molecule has 7 heteroatoms. The Labute approximate surface area is 195 Å². The molecular weight excluding hydrogens is 416 g/mol. The molecule has 174 valence electrons. The maximum atomic E-state index is 12.7. The lowest BCUT2D eigenvalue weighted by atomic mass is 10.1. The van der Waals surface area contributed by atoms with Crippen molar-refractivity contribution >= 4 is 29.1 Å². The molecule has 2 fully saturated rings. The number of nitrogens with zero attached hydrogens (tertiary/aromatic N) is 2. The van der Waals surface area contributed by atoms with Crippen LogP contribution in [0.15, 0.2) is 48.5 Å². The van der Waals surface area contributed by atoms with Crippen molar-refractivity contribution in [2.75, 3.05) is 43.4 Å². The van der Waals surface area contributed by atoms with Gasteiger partial charge in [0.25, 0.3) is 11.8 Å². The molecule has 4 rings (SSSR count). The Morgan fingerprint density at radius 2 is 1.24 bits per heavy atom. The monoisotopic (exact) mass is 448 g/mol. The number of benzene rings is 2. The molecule has 33 heavy (non-hydrogen) atoms. The van der Waals surface area contributed by atoms with Crippen LogP contribution in [0.2, 0.25) is 0 Å². The third kappa shape index (κ3) is 6.12. The normalized spacial score (nSPS) is 16.2. The van der Waals surface area contributed by atoms with Crippen LogP contribution in [0.5, 0.6) is 0 Å². The second-order valence-electron chi connectivity index (χ2n) is 8.77. The topological polar surface area (TPSA) is 81.8 Å². The van der Waals surface area contributed by atoms with E-state index in [-0.39, 0.29) is 24.3 Å². The second-order valence-corrected chi connectivity index (χ2v) is 8.77. The van der Waals surface area contributed by atoms with E-state index in [0.717, 1.165) is 57.5 Å². The molecule has 0 aliphatic carbocycles. The quantitative estimate of drug-likeness (QED) is 0.700. The standard InChI is InChI=1S/C26H32N4O3/c31-24(28-23-9-7-8-21(18-23)26(33)30-16-5-2-6-17-30)19-27-22-12-10-20(11-13-22)25(32)29-14-3-1-4-15-29/h7-13,18,27H,1-6,14-17,19H2,(H,28,31). The molecule has 2 aliphatic rings. The number of hydrogen-bond donors (Lipinski definition) is 2. The molecule has 0 unspecified atom stereocenters. The van der Waals surface area contributed by atoms with Crippen molar-refractivity contribution in [2.24, 2.45) is 0 Å². The summed E-state index contributed by atoms with van der Waals surface area (Å²) in [5.74, 6) is -0.118. The van der Waals surface area contributed by atoms with E-state index in [2.05, 4.69) is 10.6 Å². The van der Waals surface area contributed by atoms with Gasteiger partial charge in [-0.25, -0.2) is 0 Å². The number of carbonyl (C=O) groups is 3. The molecule has 0 radical (unpaired) electrons. The average molecular weight is 449 g/mol. The van der Waals surface area contributed by atoms with Crippen molar-refractivity contribution in [1.29, 1.82) is 0 Å². The molecule has 2 saturated heterocycles. The summed E-state index contributed by atoms with van der Waals surface area (Å²) in [5.41, 5.74) is 2.64. The van der Waals surface area contributed by atoms with E-state index in [1.165, 1.54) is 12.8 Å². The Balaban J connectivity index is 1.28. The fourth-order valence-corrected chi connectivity index (χ4v) is 4.41. The minimum atomic E-state index is -0.203. The van der Waals surface area contributed by atoms with Gasteiger partial charge >= 0.3 is 0 Å². The van der Waals surface area contributed by atoms with Crippen molar-refractivity contribution in [2.45, 2.75) is 38.5 Å². The Morgan fingerprint density at radius 3 is 1.85 bits per heavy atom. The van der Waals surface area contributed by atoms with Crippen LogP contribution in [0.25, 0.3) is 0 Å². The van der Waals surface area contributed by atoms with Gasteiger partial charge in [-0.3, -0.25) is 14.4 Å². The number of anilines is 2. The van der Waals surface area contributed by atoms with Crippen LogP contribution in [0, 0.1) is 0 Å². The Hall–Kier alpha value is -3.35. The van der Waals surface area contributed by atoms with E-state index in [1.807, 2.05) is 21.9 Å². The maximum absolute atomic E-state index is 12.7. The number of likely N-dealkylation sites (tertiary alicyclic amines) is 2. The molecule has 2 aromatic rings. The number of nitrogens with one attached hydrogen (secondary N) is 2. The number of carbonyl (C=O) groups excluding carboxylic acids is 3. The highest BCUT2D eigenvalue weighted by atomic mass is 16.2. The summed E-state index contributed by atoms with van der Waals surface area (Å²) in [6.07, 6.45) is 6.58. The van der Waals surface area contributed by atoms with Gasteiger partial charge in [0, 0.05) is 48.7 Å². The van der Waals surface area contributed by atoms with E-state index < -0.39 is 0 Å². The zero-order valence-corrected chi connectivity index (χ0v) is 19.0. The number of rotatable bonds is 6. The molecule has 7 nitrogen and oxygen atoms in total. The van der Waals surface area contributed by atoms with Crippen LogP contribution in [0.4, 0.5) is 11.4 Å². The first-order chi connectivity index (χ1) is 16.1. The zero-order chi connectivity index (χ0) is 23.0. The Bertz CT molecular complexity index is 977. The fourth-order valence-electron chi connectivity index (χ4n) is 4.41. The van der Waals surface area contributed by atoms with Crippen LogP contribution in [-0.4, -0.2) is 60.2 Å². The molecule has 0 spiro atoms. The Kier molecular flexibility index (Phi) is 7.60. The van der Waals surface area contributed by atoms with Gasteiger partial charge in [-0.05, 0) is 81.0 Å². The highest BCUT2D eigenvalue weighted by Gasteiger charge is 2.19. The van der Waals surface area contributed by atoms with E-state index >= 15 is 0 Å². The van der Waals surface area contributed by atoms with Gasteiger partial charge in [-0.1, -0.05) is 6.07 Å². The van der Waals surface area contributed by atoms with Crippen LogP contribution in [0.3, 0.4) is 0 Å². The predicted molar refractivity (Wildman–Crippen MR) is 130 cm³/mol. The first-order valence-corrected chi connectivity index (χ1v) is 11.9. The van der Waals surface area contributed by atoms with Crippen LogP contribution < -0.4 is 10.6 Å². The molecule has 2 aromatic carbocycles. The van der Waals surface area contributed by atoms with Gasteiger partial charge in [-0.2, -0.15) is 0 Å². The summed E-state index contributed by atoms with van der Waals surface area (Å²) < 4.78 is 0. The van der Waals surface area contributed by atoms with Crippen LogP contribution >= 0.6 is 0 Å². The highest BCUT2D eigenvalue weighted by Crippen LogP contribution is 2.18. The molecule has 0 aromatic heterocycles. The lowest BCUT2D eigenvalue weighted by molar-refractivity contribution is -0.114. The van der Waals surface area contributed by atoms with Crippen LogP contribution in [0.1, 0.15) is 59.2 Å². The van der Waals surface area contributed by atoms with Crippen molar-refractivity contribution in [3.05, 3.63) is 59.7 Å². The summed E-state index contributed by atoms with van der Waals surface area (Å²) in [6, 6.07) is 14.3. The second kappa shape index (κ2) is 11.0. The number of amides is 3. The van der Waals surface area contributed by atoms with Gasteiger partial charge in [0.15, 0.2) is 0 Å². The Morgan fingerprint density at radius 1 is 0.667 bits per heavy atom. The first-order valence-electron chi connectivity index (χ1n) is 11.9. The highest BCUT2D eigenvalue weighted by molar-refractivity contribution is 5.98. The molecular formula is C26H32N4O3. The van der Waals surface area contributed by atoms with E-state index in [4.69, 9.17) is 0 Å². The van der Waals surface area contributed by atoms with E-state index in [1.54, 1.807) is 36.4 Å². The SMILES string of the molecule is O=C(CNc1ccc(C(=O)N2CCCCC2)cc1)Nc1cccc(C(=O)N2CCCCC2)c1. The molecule has 2 N–H and O–H groups in total. The molecule has 3 amide bonds. The maximum Gasteiger partial charge on any atom is 0.253 e. The fraction of sp³-hybridized carbons (Fsp3) is 0.423. The van der Waals surface area contributed by atoms with E-state index in [9.17, 15) is 14.4 Å². The molecule has 2 heterocycles. The third-order valence-electron chi connectivity index (χ3n) is 6.26. The van der Waals surface area contributed by atoms with Gasteiger partial charge in [0.2, 0.25) is 5.91 Å². The lowest BCUT2D eigenvalue weighted by Gasteiger charge is -2.26. The largest absolute Gasteiger partial charge is 0.376 e. The van der Waals surface area contributed by atoms with Crippen molar-refractivity contribution in [3.63, 3.8) is 0 Å². The average Bonchev–Trinajstić information content (AvgIpc) is 2.88. The van der Waals surface area contributed by atoms with Gasteiger partial charge in [0.1, 0.15) is 0 Å². The predicted octanol–water partition coefficient (Wildman–Crippen LogP) is 3.99. The minimum Gasteiger partial charge on any atom is -0.376 e. The van der Waals surface area contributed by atoms with Gasteiger partial charge < -0.3 is 20.4 Å². The van der Waals surface area contributed by atoms with Gasteiger partial charge in [-0.15, -0.1) is 0 Å². The first kappa shape index (κ1) is 22.8. The summed E-state index contributed by atoms with van der Waals surface area (Å²) >= 11 is 0. The molecule has 2 aliphatic heterocycles. The van der Waals surface area contributed by atoms with Crippen LogP contribution in [-0.2, 0) is 4.79 Å². The van der Waals surface area contributed by atoms with Crippen molar-refractivity contribution in [3.8, 4) is 0 Å². The van der Waals surface area contributed by atoms with E-state index in [0.29, 0.717) is 16.8 Å². The summed E-state index contributed by atoms with van der Waals surface area (Å²) in [7, 11) is 0. The zero-order valence-electron chi connectivity index (χ0n) is 19.0. The summed E-state index contributed by atoms with van der Waals surface area (Å²) in [5, 5.41) is 5.94. The molecule has 0 saturated carbocycles. The number of piperidine rings is 2. The molecule has 0 atom stereocenters. The minimum absolute atomic E-state index is 0.0168. The van der Waals surface area contributed by atoms with Crippen molar-refractivity contribution < 1.29 is 14.4 Å². The smallest absolute Gasteiger partial charge is 0.253 e. The third-order valence-corrected chi connectivity index (χ3v) is 6.26. The summed E-state index contributed by atoms with van der Waals surface area (Å²) in [6.45, 7) is 3.32. The lowest BCUT2D eigenvalue weighted by Crippen LogP contribution is -2.35. The van der Waals surface area contributed by atoms with Crippen molar-refractivity contribution in [1.82, 2.24) is 9.80 Å². The summed E-state index contributed by atoms with van der Waals surface area (Å²) in [4.78, 5) is 41.5. The molecule has 0 bridgehead atoms.